The van der Waals surface area contributed by atoms with E-state index >= 15 is 0 Å². The van der Waals surface area contributed by atoms with Gasteiger partial charge >= 0.3 is 0 Å². The van der Waals surface area contributed by atoms with Crippen LogP contribution in [0.1, 0.15) is 34.1 Å². The Balaban J connectivity index is 2.07. The number of aromatic nitrogens is 2. The average molecular weight is 321 g/mol. The molecule has 0 saturated heterocycles. The number of amides is 1. The molecule has 0 aliphatic rings. The van der Waals surface area contributed by atoms with Crippen LogP contribution in [-0.2, 0) is 11.3 Å². The predicted molar refractivity (Wildman–Crippen MR) is 90.2 cm³/mol. The van der Waals surface area contributed by atoms with Gasteiger partial charge in [-0.1, -0.05) is 20.8 Å². The number of thiophene rings is 1. The van der Waals surface area contributed by atoms with Gasteiger partial charge in [-0.15, -0.1) is 11.3 Å². The lowest BCUT2D eigenvalue weighted by atomic mass is 9.87. The maximum Gasteiger partial charge on any atom is 0.262 e. The maximum atomic E-state index is 12.3. The van der Waals surface area contributed by atoms with Crippen LogP contribution in [0.2, 0.25) is 0 Å². The molecule has 1 atom stereocenters. The van der Waals surface area contributed by atoms with Crippen LogP contribution in [0.3, 0.4) is 0 Å². The second-order valence-electron chi connectivity index (χ2n) is 6.68. The van der Waals surface area contributed by atoms with Crippen molar-refractivity contribution in [3.8, 4) is 0 Å². The normalized spacial score (nSPS) is 13.3. The van der Waals surface area contributed by atoms with Gasteiger partial charge in [-0.05, 0) is 23.8 Å². The Labute approximate surface area is 134 Å². The molecular formula is C16H23N3O2S. The molecule has 0 unspecified atom stereocenters. The van der Waals surface area contributed by atoms with Gasteiger partial charge in [0.1, 0.15) is 4.83 Å². The quantitative estimate of drug-likeness (QED) is 0.870. The molecule has 0 fully saturated rings. The molecule has 5 nitrogen and oxygen atoms in total. The SMILES string of the molecule is C[C@@H](N(C)C(=O)CCn1cnc2sccc2c1=O)C(C)(C)C. The van der Waals surface area contributed by atoms with Crippen molar-refractivity contribution in [3.63, 3.8) is 0 Å². The number of carbonyl (C=O) groups excluding carboxylic acids is 1. The first-order valence-corrected chi connectivity index (χ1v) is 8.28. The minimum Gasteiger partial charge on any atom is -0.342 e. The standard InChI is InChI=1S/C16H23N3O2S/c1-11(16(2,3)4)18(5)13(20)6-8-19-10-17-14-12(15(19)21)7-9-22-14/h7,9-11H,6,8H2,1-5H3/t11-/m1/s1. The first-order chi connectivity index (χ1) is 10.2. The second kappa shape index (κ2) is 6.20. The summed E-state index contributed by atoms with van der Waals surface area (Å²) < 4.78 is 1.52. The Bertz CT molecular complexity index is 727. The Hall–Kier alpha value is -1.69. The number of nitrogens with zero attached hydrogens (tertiary/aromatic N) is 3. The van der Waals surface area contributed by atoms with E-state index in [0.29, 0.717) is 18.4 Å². The molecule has 0 saturated carbocycles. The Kier molecular flexibility index (Phi) is 4.70. The highest BCUT2D eigenvalue weighted by Crippen LogP contribution is 2.23. The zero-order valence-corrected chi connectivity index (χ0v) is 14.6. The molecule has 0 N–H and O–H groups in total. The lowest BCUT2D eigenvalue weighted by molar-refractivity contribution is -0.133. The van der Waals surface area contributed by atoms with Crippen molar-refractivity contribution < 1.29 is 4.79 Å². The lowest BCUT2D eigenvalue weighted by Crippen LogP contribution is -2.43. The highest BCUT2D eigenvalue weighted by atomic mass is 32.1. The number of rotatable bonds is 4. The number of aryl methyl sites for hydroxylation is 1. The maximum absolute atomic E-state index is 12.3. The highest BCUT2D eigenvalue weighted by Gasteiger charge is 2.26. The smallest absolute Gasteiger partial charge is 0.262 e. The Morgan fingerprint density at radius 2 is 2.14 bits per heavy atom. The summed E-state index contributed by atoms with van der Waals surface area (Å²) in [5.74, 6) is 0.0414. The van der Waals surface area contributed by atoms with Crippen LogP contribution in [-0.4, -0.2) is 33.4 Å². The summed E-state index contributed by atoms with van der Waals surface area (Å²) in [7, 11) is 1.82. The van der Waals surface area contributed by atoms with Gasteiger partial charge in [-0.2, -0.15) is 0 Å². The van der Waals surface area contributed by atoms with Crippen LogP contribution in [0.15, 0.2) is 22.6 Å². The van der Waals surface area contributed by atoms with E-state index in [4.69, 9.17) is 0 Å². The minimum atomic E-state index is -0.0782. The topological polar surface area (TPSA) is 55.2 Å². The fraction of sp³-hybridized carbons (Fsp3) is 0.562. The fourth-order valence-corrected chi connectivity index (χ4v) is 2.97. The molecular weight excluding hydrogens is 298 g/mol. The van der Waals surface area contributed by atoms with E-state index in [9.17, 15) is 9.59 Å². The van der Waals surface area contributed by atoms with Crippen molar-refractivity contribution in [2.24, 2.45) is 5.41 Å². The number of hydrogen-bond donors (Lipinski definition) is 0. The molecule has 2 aromatic rings. The van der Waals surface area contributed by atoms with Crippen LogP contribution in [0.25, 0.3) is 10.2 Å². The molecule has 0 aliphatic heterocycles. The van der Waals surface area contributed by atoms with Gasteiger partial charge in [0.25, 0.3) is 5.56 Å². The fourth-order valence-electron chi connectivity index (χ4n) is 2.24. The van der Waals surface area contributed by atoms with Crippen molar-refractivity contribution in [2.45, 2.75) is 46.7 Å². The first-order valence-electron chi connectivity index (χ1n) is 7.40. The largest absolute Gasteiger partial charge is 0.342 e. The van der Waals surface area contributed by atoms with Crippen LogP contribution in [0.4, 0.5) is 0 Å². The summed E-state index contributed by atoms with van der Waals surface area (Å²) in [5.41, 5.74) is -0.0520. The van der Waals surface area contributed by atoms with E-state index in [0.717, 1.165) is 4.83 Å². The summed E-state index contributed by atoms with van der Waals surface area (Å²) in [6, 6.07) is 1.91. The van der Waals surface area contributed by atoms with E-state index in [1.165, 1.54) is 22.2 Å². The predicted octanol–water partition coefficient (Wildman–Crippen LogP) is 2.74. The van der Waals surface area contributed by atoms with Crippen LogP contribution >= 0.6 is 11.3 Å². The summed E-state index contributed by atoms with van der Waals surface area (Å²) in [5, 5.41) is 2.48. The zero-order chi connectivity index (χ0) is 16.5. The van der Waals surface area contributed by atoms with E-state index in [1.807, 2.05) is 19.4 Å². The first kappa shape index (κ1) is 16.7. The molecule has 2 rings (SSSR count). The molecule has 22 heavy (non-hydrogen) atoms. The number of hydrogen-bond acceptors (Lipinski definition) is 4. The summed E-state index contributed by atoms with van der Waals surface area (Å²) in [6.45, 7) is 8.74. The number of fused-ring (bicyclic) bond motifs is 1. The van der Waals surface area contributed by atoms with E-state index < -0.39 is 0 Å². The van der Waals surface area contributed by atoms with Gasteiger partial charge < -0.3 is 4.90 Å². The van der Waals surface area contributed by atoms with Gasteiger partial charge in [0.15, 0.2) is 0 Å². The van der Waals surface area contributed by atoms with Crippen molar-refractivity contribution in [1.29, 1.82) is 0 Å². The van der Waals surface area contributed by atoms with Gasteiger partial charge in [0.2, 0.25) is 5.91 Å². The Morgan fingerprint density at radius 1 is 1.45 bits per heavy atom. The van der Waals surface area contributed by atoms with E-state index in [1.54, 1.807) is 11.0 Å². The van der Waals surface area contributed by atoms with Crippen molar-refractivity contribution in [1.82, 2.24) is 14.5 Å². The van der Waals surface area contributed by atoms with Crippen molar-refractivity contribution in [2.75, 3.05) is 7.05 Å². The molecule has 2 heterocycles. The monoisotopic (exact) mass is 321 g/mol. The van der Waals surface area contributed by atoms with Crippen molar-refractivity contribution in [3.05, 3.63) is 28.1 Å². The molecule has 0 radical (unpaired) electrons. The highest BCUT2D eigenvalue weighted by molar-refractivity contribution is 7.16. The third-order valence-corrected chi connectivity index (χ3v) is 5.07. The molecule has 0 aliphatic carbocycles. The molecule has 2 aromatic heterocycles. The molecule has 1 amide bonds. The summed E-state index contributed by atoms with van der Waals surface area (Å²) >= 11 is 1.45. The molecule has 6 heteroatoms. The number of carbonyl (C=O) groups is 1. The zero-order valence-electron chi connectivity index (χ0n) is 13.8. The van der Waals surface area contributed by atoms with Crippen LogP contribution in [0.5, 0.6) is 0 Å². The minimum absolute atomic E-state index is 0.0262. The Morgan fingerprint density at radius 3 is 2.77 bits per heavy atom. The van der Waals surface area contributed by atoms with Gasteiger partial charge in [0, 0.05) is 26.1 Å². The lowest BCUT2D eigenvalue weighted by Gasteiger charge is -2.35. The summed E-state index contributed by atoms with van der Waals surface area (Å²) in [4.78, 5) is 31.4. The third-order valence-electron chi connectivity index (χ3n) is 4.24. The van der Waals surface area contributed by atoms with Crippen LogP contribution in [0, 0.1) is 5.41 Å². The summed E-state index contributed by atoms with van der Waals surface area (Å²) in [6.07, 6.45) is 1.83. The third kappa shape index (κ3) is 3.38. The van der Waals surface area contributed by atoms with Gasteiger partial charge in [-0.3, -0.25) is 14.2 Å². The van der Waals surface area contributed by atoms with Gasteiger partial charge in [0.05, 0.1) is 11.7 Å². The molecule has 0 bridgehead atoms. The second-order valence-corrected chi connectivity index (χ2v) is 7.57. The van der Waals surface area contributed by atoms with E-state index in [-0.39, 0.29) is 22.9 Å². The molecule has 0 aromatic carbocycles. The van der Waals surface area contributed by atoms with Gasteiger partial charge in [-0.25, -0.2) is 4.98 Å². The van der Waals surface area contributed by atoms with Crippen LogP contribution < -0.4 is 5.56 Å². The van der Waals surface area contributed by atoms with Crippen molar-refractivity contribution >= 4 is 27.5 Å². The molecule has 0 spiro atoms. The molecule has 120 valence electrons. The van der Waals surface area contributed by atoms with E-state index in [2.05, 4.69) is 25.8 Å². The average Bonchev–Trinajstić information content (AvgIpc) is 2.93.